The van der Waals surface area contributed by atoms with Crippen molar-refractivity contribution < 1.29 is 19.1 Å². The minimum Gasteiger partial charge on any atom is -0.478 e. The summed E-state index contributed by atoms with van der Waals surface area (Å²) in [5.74, 6) is -2.30. The normalized spacial score (nSPS) is 10.1. The number of nitrogens with one attached hydrogen (secondary N) is 1. The first-order valence-electron chi connectivity index (χ1n) is 5.73. The number of rotatable bonds is 3. The van der Waals surface area contributed by atoms with E-state index in [1.165, 1.54) is 30.6 Å². The molecule has 2 rings (SSSR count). The minimum atomic E-state index is -1.18. The van der Waals surface area contributed by atoms with Crippen molar-refractivity contribution in [1.82, 2.24) is 4.98 Å². The number of hydrogen-bond acceptors (Lipinski definition) is 3. The Hall–Kier alpha value is -2.76. The molecule has 2 N–H and O–H groups in total. The van der Waals surface area contributed by atoms with Gasteiger partial charge in [0.05, 0.1) is 17.4 Å². The van der Waals surface area contributed by atoms with Crippen molar-refractivity contribution in [2.24, 2.45) is 0 Å². The summed E-state index contributed by atoms with van der Waals surface area (Å²) in [4.78, 5) is 26.8. The van der Waals surface area contributed by atoms with Crippen molar-refractivity contribution in [3.8, 4) is 0 Å². The van der Waals surface area contributed by atoms with Crippen molar-refractivity contribution in [3.63, 3.8) is 0 Å². The van der Waals surface area contributed by atoms with Crippen LogP contribution in [0.4, 0.5) is 10.1 Å². The highest BCUT2D eigenvalue weighted by Crippen LogP contribution is 2.16. The number of aryl methyl sites for hydroxylation is 1. The van der Waals surface area contributed by atoms with Crippen LogP contribution in [0.25, 0.3) is 0 Å². The van der Waals surface area contributed by atoms with Crippen LogP contribution >= 0.6 is 0 Å². The number of benzene rings is 1. The summed E-state index contributed by atoms with van der Waals surface area (Å²) in [5, 5.41) is 11.4. The molecule has 0 fully saturated rings. The molecule has 0 aliphatic carbocycles. The highest BCUT2D eigenvalue weighted by Gasteiger charge is 2.14. The number of halogens is 1. The Balaban J connectivity index is 2.30. The van der Waals surface area contributed by atoms with Gasteiger partial charge in [-0.15, -0.1) is 0 Å². The van der Waals surface area contributed by atoms with Gasteiger partial charge < -0.3 is 10.4 Å². The molecule has 1 amide bonds. The number of carbonyl (C=O) groups is 2. The Morgan fingerprint density at radius 2 is 2.05 bits per heavy atom. The molecule has 1 aromatic heterocycles. The van der Waals surface area contributed by atoms with E-state index in [9.17, 15) is 14.0 Å². The Bertz CT molecular complexity index is 666. The fourth-order valence-electron chi connectivity index (χ4n) is 1.74. The van der Waals surface area contributed by atoms with E-state index in [1.807, 2.05) is 0 Å². The molecule has 0 bridgehead atoms. The molecule has 0 aliphatic heterocycles. The van der Waals surface area contributed by atoms with Gasteiger partial charge in [0.15, 0.2) is 0 Å². The number of nitrogens with zero attached hydrogens (tertiary/aromatic N) is 1. The lowest BCUT2D eigenvalue weighted by atomic mass is 10.1. The Morgan fingerprint density at radius 3 is 2.70 bits per heavy atom. The monoisotopic (exact) mass is 274 g/mol. The third-order valence-corrected chi connectivity index (χ3v) is 2.60. The van der Waals surface area contributed by atoms with E-state index in [4.69, 9.17) is 5.11 Å². The second-order valence-electron chi connectivity index (χ2n) is 4.20. The molecule has 6 heteroatoms. The summed E-state index contributed by atoms with van der Waals surface area (Å²) < 4.78 is 13.2. The van der Waals surface area contributed by atoms with Gasteiger partial charge in [-0.3, -0.25) is 9.78 Å². The van der Waals surface area contributed by atoms with Crippen LogP contribution < -0.4 is 5.32 Å². The first-order chi connectivity index (χ1) is 9.47. The zero-order valence-corrected chi connectivity index (χ0v) is 10.6. The number of aromatic nitrogens is 1. The van der Waals surface area contributed by atoms with Crippen molar-refractivity contribution in [3.05, 3.63) is 59.2 Å². The lowest BCUT2D eigenvalue weighted by Gasteiger charge is -2.08. The first kappa shape index (κ1) is 13.7. The maximum absolute atomic E-state index is 13.2. The van der Waals surface area contributed by atoms with Crippen LogP contribution in [0, 0.1) is 12.7 Å². The summed E-state index contributed by atoms with van der Waals surface area (Å²) in [5.41, 5.74) is 0.691. The Labute approximate surface area is 114 Å². The van der Waals surface area contributed by atoms with Gasteiger partial charge in [-0.25, -0.2) is 9.18 Å². The molecule has 1 aromatic carbocycles. The summed E-state index contributed by atoms with van der Waals surface area (Å²) in [6.07, 6.45) is 2.54. The van der Waals surface area contributed by atoms with E-state index < -0.39 is 17.7 Å². The number of anilines is 1. The van der Waals surface area contributed by atoms with E-state index in [0.717, 1.165) is 6.07 Å². The summed E-state index contributed by atoms with van der Waals surface area (Å²) >= 11 is 0. The summed E-state index contributed by atoms with van der Waals surface area (Å²) in [7, 11) is 0. The third-order valence-electron chi connectivity index (χ3n) is 2.60. The van der Waals surface area contributed by atoms with Crippen LogP contribution in [0.2, 0.25) is 0 Å². The Kier molecular flexibility index (Phi) is 3.74. The molecule has 20 heavy (non-hydrogen) atoms. The number of amides is 1. The third kappa shape index (κ3) is 2.97. The van der Waals surface area contributed by atoms with Crippen molar-refractivity contribution in [2.45, 2.75) is 6.92 Å². The maximum atomic E-state index is 13.2. The van der Waals surface area contributed by atoms with E-state index in [-0.39, 0.29) is 16.8 Å². The fourth-order valence-corrected chi connectivity index (χ4v) is 1.74. The molecule has 1 heterocycles. The van der Waals surface area contributed by atoms with Crippen LogP contribution in [0.1, 0.15) is 26.3 Å². The minimum absolute atomic E-state index is 0.0620. The van der Waals surface area contributed by atoms with E-state index >= 15 is 0 Å². The van der Waals surface area contributed by atoms with Gasteiger partial charge in [0.1, 0.15) is 5.82 Å². The predicted molar refractivity (Wildman–Crippen MR) is 70.3 cm³/mol. The van der Waals surface area contributed by atoms with Crippen molar-refractivity contribution in [1.29, 1.82) is 0 Å². The highest BCUT2D eigenvalue weighted by atomic mass is 19.1. The van der Waals surface area contributed by atoms with Crippen molar-refractivity contribution >= 4 is 17.6 Å². The van der Waals surface area contributed by atoms with Gasteiger partial charge in [0.25, 0.3) is 5.91 Å². The molecule has 0 saturated heterocycles. The van der Waals surface area contributed by atoms with Gasteiger partial charge in [0, 0.05) is 11.8 Å². The number of carboxylic acids is 1. The molecule has 0 aliphatic rings. The average Bonchev–Trinajstić information content (AvgIpc) is 2.37. The van der Waals surface area contributed by atoms with E-state index in [1.54, 1.807) is 6.92 Å². The standard InChI is InChI=1S/C14H11FN2O3/c1-8-4-9(6-10(15)5-8)13(18)17-12-7-16-3-2-11(12)14(19)20/h2-7H,1H3,(H,17,18)(H,19,20). The van der Waals surface area contributed by atoms with Gasteiger partial charge in [-0.05, 0) is 36.8 Å². The molecular formula is C14H11FN2O3. The smallest absolute Gasteiger partial charge is 0.337 e. The summed E-state index contributed by atoms with van der Waals surface area (Å²) in [6.45, 7) is 1.66. The first-order valence-corrected chi connectivity index (χ1v) is 5.73. The molecular weight excluding hydrogens is 263 g/mol. The average molecular weight is 274 g/mol. The molecule has 0 spiro atoms. The second kappa shape index (κ2) is 5.48. The lowest BCUT2D eigenvalue weighted by molar-refractivity contribution is 0.0698. The largest absolute Gasteiger partial charge is 0.478 e. The zero-order chi connectivity index (χ0) is 14.7. The molecule has 0 atom stereocenters. The van der Waals surface area contributed by atoms with Gasteiger partial charge >= 0.3 is 5.97 Å². The van der Waals surface area contributed by atoms with Crippen LogP contribution in [-0.2, 0) is 0 Å². The van der Waals surface area contributed by atoms with E-state index in [0.29, 0.717) is 5.56 Å². The Morgan fingerprint density at radius 1 is 1.30 bits per heavy atom. The van der Waals surface area contributed by atoms with Gasteiger partial charge in [-0.1, -0.05) is 0 Å². The predicted octanol–water partition coefficient (Wildman–Crippen LogP) is 2.48. The molecule has 0 radical (unpaired) electrons. The van der Waals surface area contributed by atoms with Crippen LogP contribution in [-0.4, -0.2) is 22.0 Å². The molecule has 5 nitrogen and oxygen atoms in total. The lowest BCUT2D eigenvalue weighted by Crippen LogP contribution is -2.15. The van der Waals surface area contributed by atoms with Crippen molar-refractivity contribution in [2.75, 3.05) is 5.32 Å². The number of pyridine rings is 1. The quantitative estimate of drug-likeness (QED) is 0.901. The van der Waals surface area contributed by atoms with Gasteiger partial charge in [-0.2, -0.15) is 0 Å². The molecule has 0 unspecified atom stereocenters. The topological polar surface area (TPSA) is 79.3 Å². The highest BCUT2D eigenvalue weighted by molar-refractivity contribution is 6.07. The SMILES string of the molecule is Cc1cc(F)cc(C(=O)Nc2cnccc2C(=O)O)c1. The number of aromatic carboxylic acids is 1. The van der Waals surface area contributed by atoms with E-state index in [2.05, 4.69) is 10.3 Å². The molecule has 102 valence electrons. The molecule has 2 aromatic rings. The second-order valence-corrected chi connectivity index (χ2v) is 4.20. The number of hydrogen-bond donors (Lipinski definition) is 2. The maximum Gasteiger partial charge on any atom is 0.337 e. The summed E-state index contributed by atoms with van der Waals surface area (Å²) in [6, 6.07) is 5.16. The number of carboxylic acid groups (broad SMARTS) is 1. The molecule has 0 saturated carbocycles. The van der Waals surface area contributed by atoms with Crippen LogP contribution in [0.5, 0.6) is 0 Å². The van der Waals surface area contributed by atoms with Crippen LogP contribution in [0.15, 0.2) is 36.7 Å². The van der Waals surface area contributed by atoms with Crippen LogP contribution in [0.3, 0.4) is 0 Å². The zero-order valence-electron chi connectivity index (χ0n) is 10.6. The van der Waals surface area contributed by atoms with Gasteiger partial charge in [0.2, 0.25) is 0 Å². The number of carbonyl (C=O) groups excluding carboxylic acids is 1. The fraction of sp³-hybridized carbons (Fsp3) is 0.0714.